The molecule has 0 bridgehead atoms. The third-order valence-corrected chi connectivity index (χ3v) is 9.56. The van der Waals surface area contributed by atoms with E-state index in [0.717, 1.165) is 69.7 Å². The molecule has 0 radical (unpaired) electrons. The van der Waals surface area contributed by atoms with Crippen molar-refractivity contribution in [2.75, 3.05) is 56.5 Å². The molecule has 41 heavy (non-hydrogen) atoms. The first kappa shape index (κ1) is 27.3. The number of carbonyl (C=O) groups excluding carboxylic acids is 2. The number of nitrogens with two attached hydrogens (primary N) is 1. The van der Waals surface area contributed by atoms with Gasteiger partial charge in [-0.1, -0.05) is 18.6 Å². The molecule has 1 aromatic heterocycles. The largest absolute Gasteiger partial charge is 0.364 e. The summed E-state index contributed by atoms with van der Waals surface area (Å²) >= 11 is 0. The first-order valence-corrected chi connectivity index (χ1v) is 14.8. The summed E-state index contributed by atoms with van der Waals surface area (Å²) < 4.78 is 0. The molecular formula is C30H39N9O2. The van der Waals surface area contributed by atoms with E-state index >= 15 is 0 Å². The Balaban J connectivity index is 1.17. The molecule has 4 aliphatic rings. The smallest absolute Gasteiger partial charge is 0.320 e. The summed E-state index contributed by atoms with van der Waals surface area (Å²) in [6, 6.07) is 11.4. The molecule has 1 atom stereocenters. The predicted molar refractivity (Wildman–Crippen MR) is 156 cm³/mol. The molecule has 0 spiro atoms. The number of benzene rings is 1. The second kappa shape index (κ2) is 11.2. The number of anilines is 3. The molecule has 11 nitrogen and oxygen atoms in total. The summed E-state index contributed by atoms with van der Waals surface area (Å²) in [7, 11) is 1.83. The number of hydrogen-bond acceptors (Lipinski definition) is 8. The molecule has 3 aliphatic heterocycles. The van der Waals surface area contributed by atoms with Crippen LogP contribution in [0.3, 0.4) is 0 Å². The summed E-state index contributed by atoms with van der Waals surface area (Å²) in [6.07, 6.45) is 9.02. The molecular weight excluding hydrogens is 518 g/mol. The van der Waals surface area contributed by atoms with E-state index in [1.54, 1.807) is 11.1 Å². The van der Waals surface area contributed by atoms with Crippen molar-refractivity contribution < 1.29 is 9.59 Å². The number of piperidine rings is 2. The fourth-order valence-corrected chi connectivity index (χ4v) is 6.72. The maximum Gasteiger partial charge on any atom is 0.320 e. The molecule has 1 aliphatic carbocycles. The number of likely N-dealkylation sites (N-methyl/N-ethyl adjacent to an activating group) is 1. The van der Waals surface area contributed by atoms with Crippen LogP contribution in [0.4, 0.5) is 22.1 Å². The standard InChI is InChI=1S/C30H39N9O2/c1-36-16-17-39(29(36)41)24-6-3-13-38(19-24)25-18-33-26(27(32)40)28(35-25)34-22-9-7-21(8-10-22)30(20-31)11-14-37(15-12-30)23-4-2-5-23/h7-10,18,23-24H,2-6,11-17,19H2,1H3,(H2,32,40)(H,34,35). The van der Waals surface area contributed by atoms with Gasteiger partial charge in [0, 0.05) is 58.0 Å². The molecule has 3 amide bonds. The predicted octanol–water partition coefficient (Wildman–Crippen LogP) is 3.06. The average Bonchev–Trinajstić information content (AvgIpc) is 3.30. The second-order valence-electron chi connectivity index (χ2n) is 11.9. The van der Waals surface area contributed by atoms with Gasteiger partial charge in [0.25, 0.3) is 5.91 Å². The molecule has 1 unspecified atom stereocenters. The molecule has 11 heteroatoms. The highest BCUT2D eigenvalue weighted by atomic mass is 16.2. The topological polar surface area (TPSA) is 135 Å². The normalized spacial score (nSPS) is 23.3. The van der Waals surface area contributed by atoms with Crippen LogP contribution in [0, 0.1) is 11.3 Å². The minimum atomic E-state index is -0.660. The number of amides is 3. The zero-order valence-corrected chi connectivity index (χ0v) is 23.8. The van der Waals surface area contributed by atoms with Gasteiger partial charge in [0.2, 0.25) is 0 Å². The van der Waals surface area contributed by atoms with Gasteiger partial charge in [0.15, 0.2) is 11.5 Å². The number of nitrogens with one attached hydrogen (secondary N) is 1. The number of likely N-dealkylation sites (tertiary alicyclic amines) is 1. The first-order valence-electron chi connectivity index (χ1n) is 14.8. The lowest BCUT2D eigenvalue weighted by Gasteiger charge is -2.44. The van der Waals surface area contributed by atoms with Gasteiger partial charge in [-0.2, -0.15) is 5.26 Å². The number of carbonyl (C=O) groups is 2. The van der Waals surface area contributed by atoms with Crippen LogP contribution in [0.1, 0.15) is 61.0 Å². The molecule has 4 fully saturated rings. The average molecular weight is 558 g/mol. The van der Waals surface area contributed by atoms with Crippen molar-refractivity contribution in [1.82, 2.24) is 24.7 Å². The van der Waals surface area contributed by atoms with Crippen molar-refractivity contribution in [1.29, 1.82) is 5.26 Å². The molecule has 216 valence electrons. The van der Waals surface area contributed by atoms with E-state index in [1.807, 2.05) is 36.2 Å². The Morgan fingerprint density at radius 2 is 1.78 bits per heavy atom. The van der Waals surface area contributed by atoms with E-state index in [4.69, 9.17) is 10.7 Å². The highest BCUT2D eigenvalue weighted by molar-refractivity contribution is 5.96. The van der Waals surface area contributed by atoms with Gasteiger partial charge in [-0.3, -0.25) is 4.79 Å². The Morgan fingerprint density at radius 3 is 2.39 bits per heavy atom. The molecule has 4 heterocycles. The van der Waals surface area contributed by atoms with E-state index in [0.29, 0.717) is 24.2 Å². The van der Waals surface area contributed by atoms with Crippen molar-refractivity contribution >= 4 is 29.3 Å². The maximum absolute atomic E-state index is 12.6. The van der Waals surface area contributed by atoms with Crippen molar-refractivity contribution in [2.45, 2.75) is 62.4 Å². The fourth-order valence-electron chi connectivity index (χ4n) is 6.72. The van der Waals surface area contributed by atoms with E-state index in [1.165, 1.54) is 19.3 Å². The van der Waals surface area contributed by atoms with E-state index in [-0.39, 0.29) is 17.8 Å². The Kier molecular flexibility index (Phi) is 7.43. The molecule has 3 N–H and O–H groups in total. The fraction of sp³-hybridized carbons (Fsp3) is 0.567. The van der Waals surface area contributed by atoms with Gasteiger partial charge in [-0.15, -0.1) is 0 Å². The first-order chi connectivity index (χ1) is 19.9. The lowest BCUT2D eigenvalue weighted by Crippen LogP contribution is -2.49. The van der Waals surface area contributed by atoms with Crippen molar-refractivity contribution in [2.24, 2.45) is 5.73 Å². The van der Waals surface area contributed by atoms with Crippen LogP contribution in [-0.4, -0.2) is 95.0 Å². The van der Waals surface area contributed by atoms with Crippen LogP contribution in [0.25, 0.3) is 0 Å². The van der Waals surface area contributed by atoms with Crippen molar-refractivity contribution in [3.05, 3.63) is 41.7 Å². The van der Waals surface area contributed by atoms with Gasteiger partial charge in [0.05, 0.1) is 23.7 Å². The zero-order chi connectivity index (χ0) is 28.6. The van der Waals surface area contributed by atoms with Gasteiger partial charge in [-0.25, -0.2) is 14.8 Å². The SMILES string of the molecule is CN1CCN(C2CCCN(c3cnc(C(N)=O)c(Nc4ccc(C5(C#N)CCN(C6CCC6)CC5)cc4)n3)C2)C1=O. The zero-order valence-electron chi connectivity index (χ0n) is 23.8. The summed E-state index contributed by atoms with van der Waals surface area (Å²) in [5.41, 5.74) is 7.00. The number of urea groups is 1. The minimum Gasteiger partial charge on any atom is -0.364 e. The third-order valence-electron chi connectivity index (χ3n) is 9.56. The van der Waals surface area contributed by atoms with E-state index in [9.17, 15) is 14.9 Å². The molecule has 2 aromatic rings. The number of rotatable bonds is 7. The van der Waals surface area contributed by atoms with Gasteiger partial charge in [-0.05, 0) is 56.2 Å². The van der Waals surface area contributed by atoms with E-state index < -0.39 is 11.3 Å². The van der Waals surface area contributed by atoms with Gasteiger partial charge < -0.3 is 30.7 Å². The van der Waals surface area contributed by atoms with Crippen LogP contribution in [0.5, 0.6) is 0 Å². The molecule has 1 saturated carbocycles. The molecule has 1 aromatic carbocycles. The number of hydrogen-bond donors (Lipinski definition) is 2. The minimum absolute atomic E-state index is 0.0691. The molecule has 6 rings (SSSR count). The quantitative estimate of drug-likeness (QED) is 0.530. The van der Waals surface area contributed by atoms with Gasteiger partial charge >= 0.3 is 6.03 Å². The maximum atomic E-state index is 12.6. The second-order valence-corrected chi connectivity index (χ2v) is 11.9. The number of aromatic nitrogens is 2. The lowest BCUT2D eigenvalue weighted by atomic mass is 9.73. The Bertz CT molecular complexity index is 1330. The Morgan fingerprint density at radius 1 is 1.05 bits per heavy atom. The lowest BCUT2D eigenvalue weighted by molar-refractivity contribution is 0.0854. The van der Waals surface area contributed by atoms with Crippen LogP contribution in [-0.2, 0) is 5.41 Å². The highest BCUT2D eigenvalue weighted by Gasteiger charge is 2.39. The number of nitrogens with zero attached hydrogens (tertiary/aromatic N) is 7. The monoisotopic (exact) mass is 557 g/mol. The summed E-state index contributed by atoms with van der Waals surface area (Å²) in [5, 5.41) is 13.4. The number of nitriles is 1. The van der Waals surface area contributed by atoms with Crippen LogP contribution in [0.2, 0.25) is 0 Å². The highest BCUT2D eigenvalue weighted by Crippen LogP contribution is 2.38. The Labute approximate surface area is 241 Å². The van der Waals surface area contributed by atoms with Gasteiger partial charge in [0.1, 0.15) is 5.82 Å². The van der Waals surface area contributed by atoms with E-state index in [2.05, 4.69) is 26.2 Å². The summed E-state index contributed by atoms with van der Waals surface area (Å²) in [6.45, 7) is 4.85. The summed E-state index contributed by atoms with van der Waals surface area (Å²) in [4.78, 5) is 42.3. The van der Waals surface area contributed by atoms with Crippen LogP contribution < -0.4 is 16.0 Å². The van der Waals surface area contributed by atoms with Crippen molar-refractivity contribution in [3.8, 4) is 6.07 Å². The van der Waals surface area contributed by atoms with Crippen LogP contribution >= 0.6 is 0 Å². The van der Waals surface area contributed by atoms with Crippen LogP contribution in [0.15, 0.2) is 30.5 Å². The Hall–Kier alpha value is -3.91. The molecule has 3 saturated heterocycles. The third kappa shape index (κ3) is 5.28. The summed E-state index contributed by atoms with van der Waals surface area (Å²) in [5.74, 6) is 0.276. The van der Waals surface area contributed by atoms with Crippen molar-refractivity contribution in [3.63, 3.8) is 0 Å². The number of primary amides is 1.